The van der Waals surface area contributed by atoms with Gasteiger partial charge < -0.3 is 10.6 Å². The summed E-state index contributed by atoms with van der Waals surface area (Å²) in [6, 6.07) is 14.0. The van der Waals surface area contributed by atoms with Crippen molar-refractivity contribution in [2.24, 2.45) is 0 Å². The monoisotopic (exact) mass is 341 g/mol. The number of rotatable bonds is 2. The second kappa shape index (κ2) is 6.44. The molecule has 3 rings (SSSR count). The van der Waals surface area contributed by atoms with Crippen molar-refractivity contribution in [3.63, 3.8) is 0 Å². The number of hydrogen-bond donors (Lipinski definition) is 2. The topological polar surface area (TPSA) is 54.0 Å². The van der Waals surface area contributed by atoms with E-state index in [1.807, 2.05) is 43.3 Å². The lowest BCUT2D eigenvalue weighted by atomic mass is 10.1. The zero-order valence-electron chi connectivity index (χ0n) is 12.7. The number of anilines is 1. The van der Waals surface area contributed by atoms with E-state index in [-0.39, 0.29) is 5.91 Å². The fourth-order valence-corrected chi connectivity index (χ4v) is 3.61. The molecule has 0 bridgehead atoms. The summed E-state index contributed by atoms with van der Waals surface area (Å²) in [5.41, 5.74) is 3.96. The van der Waals surface area contributed by atoms with Crippen LogP contribution >= 0.6 is 23.6 Å². The van der Waals surface area contributed by atoms with Crippen LogP contribution < -0.4 is 10.6 Å². The van der Waals surface area contributed by atoms with Crippen molar-refractivity contribution >= 4 is 50.5 Å². The molecule has 6 heteroatoms. The first-order chi connectivity index (χ1) is 11.0. The van der Waals surface area contributed by atoms with Crippen LogP contribution in [-0.4, -0.2) is 16.0 Å². The summed E-state index contributed by atoms with van der Waals surface area (Å²) < 4.78 is 1.16. The molecule has 0 aliphatic rings. The molecule has 0 saturated carbocycles. The fourth-order valence-electron chi connectivity index (χ4n) is 2.30. The lowest BCUT2D eigenvalue weighted by Crippen LogP contribution is -2.32. The van der Waals surface area contributed by atoms with E-state index in [4.69, 9.17) is 17.2 Å². The van der Waals surface area contributed by atoms with Crippen LogP contribution in [0.4, 0.5) is 5.69 Å². The molecule has 3 aromatic rings. The molecule has 1 aromatic heterocycles. The van der Waals surface area contributed by atoms with E-state index in [2.05, 4.69) is 16.7 Å². The SMILES string of the molecule is CC(=O)NC(=S)Nc1cccc(-c2nc3ccccc3s2)c1C. The number of nitrogens with one attached hydrogen (secondary N) is 2. The van der Waals surface area contributed by atoms with Gasteiger partial charge in [-0.3, -0.25) is 4.79 Å². The maximum atomic E-state index is 11.1. The minimum Gasteiger partial charge on any atom is -0.332 e. The average molecular weight is 341 g/mol. The van der Waals surface area contributed by atoms with E-state index in [1.165, 1.54) is 6.92 Å². The van der Waals surface area contributed by atoms with Gasteiger partial charge in [-0.2, -0.15) is 0 Å². The third-order valence-corrected chi connectivity index (χ3v) is 4.67. The molecule has 116 valence electrons. The lowest BCUT2D eigenvalue weighted by Gasteiger charge is -2.12. The van der Waals surface area contributed by atoms with Gasteiger partial charge in [-0.1, -0.05) is 24.3 Å². The molecule has 0 atom stereocenters. The Labute approximate surface area is 143 Å². The predicted molar refractivity (Wildman–Crippen MR) is 99.8 cm³/mol. The molecule has 0 unspecified atom stereocenters. The maximum Gasteiger partial charge on any atom is 0.222 e. The number of benzene rings is 2. The highest BCUT2D eigenvalue weighted by molar-refractivity contribution is 7.80. The van der Waals surface area contributed by atoms with Gasteiger partial charge in [-0.05, 0) is 42.9 Å². The smallest absolute Gasteiger partial charge is 0.222 e. The molecular formula is C17H15N3OS2. The molecule has 0 radical (unpaired) electrons. The second-order valence-corrected chi connectivity index (χ2v) is 6.54. The predicted octanol–water partition coefficient (Wildman–Crippen LogP) is 4.10. The standard InChI is InChI=1S/C17H15N3OS2/c1-10-12(16-19-14-7-3-4-9-15(14)23-16)6-5-8-13(10)20-17(22)18-11(2)21/h3-9H,1-2H3,(H2,18,20,21,22). The number of hydrogen-bond acceptors (Lipinski definition) is 4. The van der Waals surface area contributed by atoms with Crippen molar-refractivity contribution in [2.75, 3.05) is 5.32 Å². The van der Waals surface area contributed by atoms with Gasteiger partial charge in [0.05, 0.1) is 10.2 Å². The second-order valence-electron chi connectivity index (χ2n) is 5.10. The summed E-state index contributed by atoms with van der Waals surface area (Å²) in [6.45, 7) is 3.44. The number of carbonyl (C=O) groups excluding carboxylic acids is 1. The molecule has 1 heterocycles. The number of fused-ring (bicyclic) bond motifs is 1. The molecule has 0 aliphatic carbocycles. The van der Waals surface area contributed by atoms with Gasteiger partial charge in [0.25, 0.3) is 0 Å². The highest BCUT2D eigenvalue weighted by Gasteiger charge is 2.11. The number of thiocarbonyl (C=S) groups is 1. The Morgan fingerprint density at radius 2 is 1.96 bits per heavy atom. The van der Waals surface area contributed by atoms with Crippen molar-refractivity contribution in [1.82, 2.24) is 10.3 Å². The van der Waals surface area contributed by atoms with Gasteiger partial charge in [0, 0.05) is 18.2 Å². The number of amides is 1. The van der Waals surface area contributed by atoms with Gasteiger partial charge in [0.2, 0.25) is 5.91 Å². The normalized spacial score (nSPS) is 10.5. The lowest BCUT2D eigenvalue weighted by molar-refractivity contribution is -0.117. The summed E-state index contributed by atoms with van der Waals surface area (Å²) in [6.07, 6.45) is 0. The van der Waals surface area contributed by atoms with Gasteiger partial charge in [-0.15, -0.1) is 11.3 Å². The van der Waals surface area contributed by atoms with Crippen molar-refractivity contribution in [2.45, 2.75) is 13.8 Å². The van der Waals surface area contributed by atoms with Gasteiger partial charge >= 0.3 is 0 Å². The number of aromatic nitrogens is 1. The van der Waals surface area contributed by atoms with E-state index in [0.29, 0.717) is 5.11 Å². The molecule has 4 nitrogen and oxygen atoms in total. The molecule has 2 aromatic carbocycles. The Morgan fingerprint density at radius 1 is 1.17 bits per heavy atom. The average Bonchev–Trinajstić information content (AvgIpc) is 2.92. The van der Waals surface area contributed by atoms with E-state index in [9.17, 15) is 4.79 Å². The largest absolute Gasteiger partial charge is 0.332 e. The fraction of sp³-hybridized carbons (Fsp3) is 0.118. The van der Waals surface area contributed by atoms with Gasteiger partial charge in [0.1, 0.15) is 5.01 Å². The van der Waals surface area contributed by atoms with Crippen LogP contribution in [0.25, 0.3) is 20.8 Å². The third kappa shape index (κ3) is 3.38. The van der Waals surface area contributed by atoms with Crippen LogP contribution in [0.5, 0.6) is 0 Å². The highest BCUT2D eigenvalue weighted by atomic mass is 32.1. The minimum atomic E-state index is -0.192. The van der Waals surface area contributed by atoms with E-state index in [0.717, 1.165) is 32.0 Å². The van der Waals surface area contributed by atoms with Crippen molar-refractivity contribution in [1.29, 1.82) is 0 Å². The highest BCUT2D eigenvalue weighted by Crippen LogP contribution is 2.34. The Bertz CT molecular complexity index is 869. The molecule has 0 saturated heterocycles. The first-order valence-electron chi connectivity index (χ1n) is 7.09. The molecule has 0 aliphatic heterocycles. The van der Waals surface area contributed by atoms with E-state index < -0.39 is 0 Å². The van der Waals surface area contributed by atoms with Crippen LogP contribution in [0.3, 0.4) is 0 Å². The van der Waals surface area contributed by atoms with Crippen LogP contribution in [0.2, 0.25) is 0 Å². The summed E-state index contributed by atoms with van der Waals surface area (Å²) in [4.78, 5) is 15.8. The zero-order chi connectivity index (χ0) is 16.4. The summed E-state index contributed by atoms with van der Waals surface area (Å²) in [5, 5.41) is 6.89. The third-order valence-electron chi connectivity index (χ3n) is 3.40. The van der Waals surface area contributed by atoms with Crippen LogP contribution in [-0.2, 0) is 4.79 Å². The zero-order valence-corrected chi connectivity index (χ0v) is 14.3. The maximum absolute atomic E-state index is 11.1. The van der Waals surface area contributed by atoms with Crippen LogP contribution in [0, 0.1) is 6.92 Å². The number of thiazole rings is 1. The summed E-state index contributed by atoms with van der Waals surface area (Å²) in [7, 11) is 0. The Kier molecular flexibility index (Phi) is 4.36. The van der Waals surface area contributed by atoms with Crippen molar-refractivity contribution in [3.8, 4) is 10.6 Å². The van der Waals surface area contributed by atoms with Crippen molar-refractivity contribution in [3.05, 3.63) is 48.0 Å². The number of para-hydroxylation sites is 1. The molecule has 2 N–H and O–H groups in total. The molecule has 0 spiro atoms. The summed E-state index contributed by atoms with van der Waals surface area (Å²) >= 11 is 6.79. The van der Waals surface area contributed by atoms with Gasteiger partial charge in [-0.25, -0.2) is 4.98 Å². The first kappa shape index (κ1) is 15.6. The quantitative estimate of drug-likeness (QED) is 0.689. The Hall–Kier alpha value is -2.31. The molecular weight excluding hydrogens is 326 g/mol. The molecule has 0 fully saturated rings. The first-order valence-corrected chi connectivity index (χ1v) is 8.31. The van der Waals surface area contributed by atoms with Crippen LogP contribution in [0.15, 0.2) is 42.5 Å². The summed E-state index contributed by atoms with van der Waals surface area (Å²) in [5.74, 6) is -0.192. The minimum absolute atomic E-state index is 0.192. The Balaban J connectivity index is 1.96. The number of carbonyl (C=O) groups is 1. The van der Waals surface area contributed by atoms with E-state index in [1.54, 1.807) is 11.3 Å². The van der Waals surface area contributed by atoms with E-state index >= 15 is 0 Å². The van der Waals surface area contributed by atoms with Crippen molar-refractivity contribution < 1.29 is 4.79 Å². The molecule has 1 amide bonds. The molecule has 23 heavy (non-hydrogen) atoms. The van der Waals surface area contributed by atoms with Crippen LogP contribution in [0.1, 0.15) is 12.5 Å². The van der Waals surface area contributed by atoms with Gasteiger partial charge in [0.15, 0.2) is 5.11 Å². The number of nitrogens with zero attached hydrogens (tertiary/aromatic N) is 1. The Morgan fingerprint density at radius 3 is 2.70 bits per heavy atom.